The molecule has 1 saturated heterocycles. The summed E-state index contributed by atoms with van der Waals surface area (Å²) in [5.41, 5.74) is 0. The fourth-order valence-electron chi connectivity index (χ4n) is 1.35. The monoisotopic (exact) mass is 217 g/mol. The van der Waals surface area contributed by atoms with Crippen molar-refractivity contribution >= 4 is 17.7 Å². The van der Waals surface area contributed by atoms with Crippen LogP contribution in [0.15, 0.2) is 0 Å². The van der Waals surface area contributed by atoms with Gasteiger partial charge in [-0.1, -0.05) is 0 Å². The Balaban J connectivity index is 1.94. The molecule has 0 aromatic rings. The molecule has 1 rings (SSSR count). The third-order valence-corrected chi connectivity index (χ3v) is 3.22. The van der Waals surface area contributed by atoms with E-state index < -0.39 is 0 Å². The number of nitrogens with one attached hydrogen (secondary N) is 2. The van der Waals surface area contributed by atoms with Gasteiger partial charge in [0.2, 0.25) is 5.91 Å². The molecule has 1 amide bonds. The predicted octanol–water partition coefficient (Wildman–Crippen LogP) is -0.629. The minimum Gasteiger partial charge on any atom is -0.358 e. The van der Waals surface area contributed by atoms with Crippen LogP contribution in [-0.4, -0.2) is 62.1 Å². The smallest absolute Gasteiger partial charge is 0.233 e. The van der Waals surface area contributed by atoms with E-state index in [0.717, 1.165) is 13.1 Å². The van der Waals surface area contributed by atoms with Crippen molar-refractivity contribution in [1.82, 2.24) is 15.5 Å². The molecular weight excluding hydrogens is 198 g/mol. The molecule has 0 atom stereocenters. The topological polar surface area (TPSA) is 44.4 Å². The van der Waals surface area contributed by atoms with Crippen molar-refractivity contribution in [2.75, 3.05) is 51.3 Å². The first-order valence-electron chi connectivity index (χ1n) is 5.04. The molecule has 0 aromatic heterocycles. The highest BCUT2D eigenvalue weighted by molar-refractivity contribution is 7.99. The highest BCUT2D eigenvalue weighted by atomic mass is 32.2. The van der Waals surface area contributed by atoms with Crippen molar-refractivity contribution in [3.05, 3.63) is 0 Å². The van der Waals surface area contributed by atoms with E-state index in [1.807, 2.05) is 11.8 Å². The quantitative estimate of drug-likeness (QED) is 0.602. The number of carbonyl (C=O) groups is 1. The van der Waals surface area contributed by atoms with Gasteiger partial charge < -0.3 is 15.5 Å². The normalized spacial score (nSPS) is 18.1. The highest BCUT2D eigenvalue weighted by Crippen LogP contribution is 2.07. The van der Waals surface area contributed by atoms with Crippen molar-refractivity contribution in [1.29, 1.82) is 0 Å². The molecule has 0 unspecified atom stereocenters. The Morgan fingerprint density at radius 1 is 1.43 bits per heavy atom. The van der Waals surface area contributed by atoms with Gasteiger partial charge in [0, 0.05) is 44.7 Å². The van der Waals surface area contributed by atoms with Crippen molar-refractivity contribution in [3.8, 4) is 0 Å². The maximum atomic E-state index is 10.9. The molecule has 2 N–H and O–H groups in total. The first-order chi connectivity index (χ1) is 6.83. The van der Waals surface area contributed by atoms with Gasteiger partial charge in [-0.3, -0.25) is 4.79 Å². The molecule has 1 aliphatic rings. The molecule has 0 aromatic carbocycles. The molecule has 1 aliphatic heterocycles. The van der Waals surface area contributed by atoms with Crippen LogP contribution in [0.2, 0.25) is 0 Å². The lowest BCUT2D eigenvalue weighted by Gasteiger charge is -2.25. The molecule has 14 heavy (non-hydrogen) atoms. The average Bonchev–Trinajstić information content (AvgIpc) is 2.25. The number of carbonyl (C=O) groups excluding carboxylic acids is 1. The van der Waals surface area contributed by atoms with Gasteiger partial charge in [-0.15, -0.1) is 0 Å². The van der Waals surface area contributed by atoms with E-state index in [1.165, 1.54) is 24.6 Å². The van der Waals surface area contributed by atoms with Gasteiger partial charge in [0.05, 0.1) is 6.54 Å². The fourth-order valence-corrected chi connectivity index (χ4v) is 2.33. The van der Waals surface area contributed by atoms with Gasteiger partial charge >= 0.3 is 0 Å². The fraction of sp³-hybridized carbons (Fsp3) is 0.889. The van der Waals surface area contributed by atoms with Crippen LogP contribution >= 0.6 is 11.8 Å². The molecule has 0 radical (unpaired) electrons. The Hall–Kier alpha value is -0.260. The van der Waals surface area contributed by atoms with Gasteiger partial charge in [-0.2, -0.15) is 11.8 Å². The zero-order chi connectivity index (χ0) is 10.2. The largest absolute Gasteiger partial charge is 0.358 e. The summed E-state index contributed by atoms with van der Waals surface area (Å²) in [4.78, 5) is 13.3. The molecule has 1 fully saturated rings. The first-order valence-corrected chi connectivity index (χ1v) is 6.20. The molecule has 0 saturated carbocycles. The van der Waals surface area contributed by atoms with Crippen molar-refractivity contribution in [3.63, 3.8) is 0 Å². The number of rotatable bonds is 5. The van der Waals surface area contributed by atoms with E-state index >= 15 is 0 Å². The number of nitrogens with zero attached hydrogens (tertiary/aromatic N) is 1. The Kier molecular flexibility index (Phi) is 5.98. The predicted molar refractivity (Wildman–Crippen MR) is 60.7 cm³/mol. The number of hydrogen-bond donors (Lipinski definition) is 2. The third kappa shape index (κ3) is 4.83. The molecule has 82 valence electrons. The summed E-state index contributed by atoms with van der Waals surface area (Å²) in [6.07, 6.45) is 0. The summed E-state index contributed by atoms with van der Waals surface area (Å²) < 4.78 is 0. The lowest BCUT2D eigenvalue weighted by atomic mass is 10.4. The molecular formula is C9H19N3OS. The minimum absolute atomic E-state index is 0.0548. The average molecular weight is 217 g/mol. The van der Waals surface area contributed by atoms with E-state index in [-0.39, 0.29) is 5.91 Å². The lowest BCUT2D eigenvalue weighted by Crippen LogP contribution is -2.40. The van der Waals surface area contributed by atoms with Gasteiger partial charge in [-0.25, -0.2) is 0 Å². The van der Waals surface area contributed by atoms with Crippen LogP contribution in [-0.2, 0) is 4.79 Å². The Bertz CT molecular complexity index is 171. The summed E-state index contributed by atoms with van der Waals surface area (Å²) in [7, 11) is 1.66. The van der Waals surface area contributed by atoms with Crippen LogP contribution in [0.5, 0.6) is 0 Å². The number of hydrogen-bond acceptors (Lipinski definition) is 4. The molecule has 0 aliphatic carbocycles. The van der Waals surface area contributed by atoms with Crippen LogP contribution in [0.4, 0.5) is 0 Å². The van der Waals surface area contributed by atoms with Gasteiger partial charge in [0.1, 0.15) is 0 Å². The number of thioether (sulfide) groups is 1. The summed E-state index contributed by atoms with van der Waals surface area (Å²) in [5, 5.41) is 5.71. The highest BCUT2D eigenvalue weighted by Gasteiger charge is 2.09. The van der Waals surface area contributed by atoms with Gasteiger partial charge in [0.15, 0.2) is 0 Å². The summed E-state index contributed by atoms with van der Waals surface area (Å²) in [6, 6.07) is 0. The maximum Gasteiger partial charge on any atom is 0.233 e. The van der Waals surface area contributed by atoms with E-state index in [9.17, 15) is 4.79 Å². The third-order valence-electron chi connectivity index (χ3n) is 2.27. The molecule has 1 heterocycles. The van der Waals surface area contributed by atoms with E-state index in [0.29, 0.717) is 6.54 Å². The summed E-state index contributed by atoms with van der Waals surface area (Å²) >= 11 is 2.02. The second-order valence-corrected chi connectivity index (χ2v) is 4.53. The van der Waals surface area contributed by atoms with Crippen LogP contribution in [0.3, 0.4) is 0 Å². The minimum atomic E-state index is 0.0548. The number of amides is 1. The Labute approximate surface area is 89.8 Å². The molecule has 0 spiro atoms. The van der Waals surface area contributed by atoms with E-state index in [2.05, 4.69) is 15.5 Å². The molecule has 5 heteroatoms. The lowest BCUT2D eigenvalue weighted by molar-refractivity contribution is -0.119. The Morgan fingerprint density at radius 2 is 2.14 bits per heavy atom. The SMILES string of the molecule is CNC(=O)CNCCN1CCSCC1. The van der Waals surface area contributed by atoms with Crippen molar-refractivity contribution < 1.29 is 4.79 Å². The van der Waals surface area contributed by atoms with Crippen LogP contribution in [0.1, 0.15) is 0 Å². The van der Waals surface area contributed by atoms with Crippen LogP contribution < -0.4 is 10.6 Å². The first kappa shape index (κ1) is 11.8. The maximum absolute atomic E-state index is 10.9. The van der Waals surface area contributed by atoms with Gasteiger partial charge in [0.25, 0.3) is 0 Å². The second-order valence-electron chi connectivity index (χ2n) is 3.30. The zero-order valence-corrected chi connectivity index (χ0v) is 9.53. The molecule has 0 bridgehead atoms. The number of likely N-dealkylation sites (N-methyl/N-ethyl adjacent to an activating group) is 1. The van der Waals surface area contributed by atoms with Crippen LogP contribution in [0, 0.1) is 0 Å². The summed E-state index contributed by atoms with van der Waals surface area (Å²) in [5.74, 6) is 2.55. The summed E-state index contributed by atoms with van der Waals surface area (Å²) in [6.45, 7) is 4.76. The Morgan fingerprint density at radius 3 is 2.79 bits per heavy atom. The van der Waals surface area contributed by atoms with Gasteiger partial charge in [-0.05, 0) is 0 Å². The van der Waals surface area contributed by atoms with E-state index in [1.54, 1.807) is 7.05 Å². The van der Waals surface area contributed by atoms with Crippen molar-refractivity contribution in [2.45, 2.75) is 0 Å². The molecule has 4 nitrogen and oxygen atoms in total. The van der Waals surface area contributed by atoms with Crippen LogP contribution in [0.25, 0.3) is 0 Å². The van der Waals surface area contributed by atoms with E-state index in [4.69, 9.17) is 0 Å². The zero-order valence-electron chi connectivity index (χ0n) is 8.71. The standard InChI is InChI=1S/C9H19N3OS/c1-10-9(13)8-11-2-3-12-4-6-14-7-5-12/h11H,2-8H2,1H3,(H,10,13). The second kappa shape index (κ2) is 7.09. The van der Waals surface area contributed by atoms with Crippen molar-refractivity contribution in [2.24, 2.45) is 0 Å².